The summed E-state index contributed by atoms with van der Waals surface area (Å²) in [7, 11) is 0. The van der Waals surface area contributed by atoms with Gasteiger partial charge in [-0.1, -0.05) is 13.8 Å². The Kier molecular flexibility index (Phi) is 2.54. The topological polar surface area (TPSA) is 23.5 Å². The number of halogens is 2. The van der Waals surface area contributed by atoms with Gasteiger partial charge in [0.25, 0.3) is 0 Å². The van der Waals surface area contributed by atoms with Gasteiger partial charge in [0, 0.05) is 37.9 Å². The summed E-state index contributed by atoms with van der Waals surface area (Å²) in [6.45, 7) is 6.21. The molecule has 0 unspecified atom stereocenters. The van der Waals surface area contributed by atoms with Gasteiger partial charge in [0.15, 0.2) is 0 Å². The zero-order valence-corrected chi connectivity index (χ0v) is 9.34. The van der Waals surface area contributed by atoms with Crippen molar-refractivity contribution in [3.63, 3.8) is 0 Å². The molecule has 0 aromatic heterocycles. The highest BCUT2D eigenvalue weighted by atomic mass is 19.3. The monoisotopic (exact) mass is 219 g/mol. The van der Waals surface area contributed by atoms with E-state index in [0.29, 0.717) is 6.54 Å². The van der Waals surface area contributed by atoms with E-state index in [1.165, 1.54) is 0 Å². The minimum absolute atomic E-state index is 0.0278. The van der Waals surface area contributed by atoms with Gasteiger partial charge in [-0.2, -0.15) is 0 Å². The lowest BCUT2D eigenvalue weighted by Gasteiger charge is -2.37. The van der Waals surface area contributed by atoms with Gasteiger partial charge in [0.1, 0.15) is 0 Å². The van der Waals surface area contributed by atoms with Crippen LogP contribution in [0.1, 0.15) is 26.7 Å². The number of likely N-dealkylation sites (tertiary alicyclic amines) is 1. The highest BCUT2D eigenvalue weighted by molar-refractivity contribution is 4.94. The summed E-state index contributed by atoms with van der Waals surface area (Å²) < 4.78 is 25.2. The zero-order valence-electron chi connectivity index (χ0n) is 9.34. The van der Waals surface area contributed by atoms with Gasteiger partial charge >= 0.3 is 0 Å². The van der Waals surface area contributed by atoms with Crippen LogP contribution in [0.4, 0.5) is 8.78 Å². The summed E-state index contributed by atoms with van der Waals surface area (Å²) in [4.78, 5) is 2.12. The van der Waals surface area contributed by atoms with Crippen LogP contribution in [0.25, 0.3) is 0 Å². The van der Waals surface area contributed by atoms with Crippen molar-refractivity contribution in [3.05, 3.63) is 0 Å². The first-order chi connectivity index (χ1) is 6.78. The molecular formula is C11H19F2NO. The standard InChI is InChI=1S/C11H19F2NO/c1-10(2)7-14(6-9(10)15)5-8-3-11(12,13)4-8/h8-9,15H,3-7H2,1-2H3/t9-/m0/s1. The maximum atomic E-state index is 12.6. The van der Waals surface area contributed by atoms with Crippen LogP contribution in [0.5, 0.6) is 0 Å². The number of aliphatic hydroxyl groups is 1. The number of hydrogen-bond donors (Lipinski definition) is 1. The first kappa shape index (κ1) is 11.3. The second-order valence-corrected chi connectivity index (χ2v) is 5.83. The Morgan fingerprint density at radius 3 is 2.33 bits per heavy atom. The third-order valence-corrected chi connectivity index (χ3v) is 3.66. The number of hydrogen-bond acceptors (Lipinski definition) is 2. The SMILES string of the molecule is CC1(C)CN(CC2CC(F)(F)C2)C[C@@H]1O. The van der Waals surface area contributed by atoms with Crippen molar-refractivity contribution in [1.29, 1.82) is 0 Å². The molecule has 0 radical (unpaired) electrons. The molecule has 2 nitrogen and oxygen atoms in total. The van der Waals surface area contributed by atoms with E-state index in [0.717, 1.165) is 13.1 Å². The number of aliphatic hydroxyl groups excluding tert-OH is 1. The summed E-state index contributed by atoms with van der Waals surface area (Å²) in [5, 5.41) is 9.74. The second-order valence-electron chi connectivity index (χ2n) is 5.83. The van der Waals surface area contributed by atoms with E-state index in [9.17, 15) is 13.9 Å². The molecule has 0 aromatic carbocycles. The third kappa shape index (κ3) is 2.31. The van der Waals surface area contributed by atoms with E-state index in [1.54, 1.807) is 0 Å². The molecule has 2 aliphatic rings. The average Bonchev–Trinajstić information content (AvgIpc) is 2.21. The lowest BCUT2D eigenvalue weighted by Crippen LogP contribution is -2.42. The van der Waals surface area contributed by atoms with Crippen LogP contribution in [-0.2, 0) is 0 Å². The molecular weight excluding hydrogens is 200 g/mol. The van der Waals surface area contributed by atoms with Gasteiger partial charge in [-0.3, -0.25) is 4.90 Å². The molecule has 0 aromatic rings. The van der Waals surface area contributed by atoms with E-state index < -0.39 is 5.92 Å². The summed E-state index contributed by atoms with van der Waals surface area (Å²) >= 11 is 0. The molecule has 1 aliphatic carbocycles. The van der Waals surface area contributed by atoms with E-state index in [1.807, 2.05) is 13.8 Å². The Morgan fingerprint density at radius 1 is 1.33 bits per heavy atom. The largest absolute Gasteiger partial charge is 0.391 e. The molecule has 2 rings (SSSR count). The van der Waals surface area contributed by atoms with Gasteiger partial charge < -0.3 is 5.11 Å². The molecule has 15 heavy (non-hydrogen) atoms. The van der Waals surface area contributed by atoms with E-state index in [4.69, 9.17) is 0 Å². The van der Waals surface area contributed by atoms with Crippen molar-refractivity contribution in [2.75, 3.05) is 19.6 Å². The van der Waals surface area contributed by atoms with Crippen molar-refractivity contribution in [1.82, 2.24) is 4.90 Å². The van der Waals surface area contributed by atoms with Crippen molar-refractivity contribution >= 4 is 0 Å². The average molecular weight is 219 g/mol. The molecule has 88 valence electrons. The molecule has 1 aliphatic heterocycles. The summed E-state index contributed by atoms with van der Waals surface area (Å²) in [5.41, 5.74) is -0.0910. The molecule has 1 saturated carbocycles. The van der Waals surface area contributed by atoms with Gasteiger partial charge in [0.2, 0.25) is 5.92 Å². The van der Waals surface area contributed by atoms with Crippen molar-refractivity contribution < 1.29 is 13.9 Å². The molecule has 1 N–H and O–H groups in total. The van der Waals surface area contributed by atoms with Crippen LogP contribution in [0, 0.1) is 11.3 Å². The first-order valence-corrected chi connectivity index (χ1v) is 5.57. The zero-order chi connectivity index (χ0) is 11.3. The van der Waals surface area contributed by atoms with Gasteiger partial charge in [-0.25, -0.2) is 8.78 Å². The fraction of sp³-hybridized carbons (Fsp3) is 1.00. The van der Waals surface area contributed by atoms with Crippen molar-refractivity contribution in [2.45, 2.75) is 38.7 Å². The smallest absolute Gasteiger partial charge is 0.248 e. The molecule has 4 heteroatoms. The predicted octanol–water partition coefficient (Wildman–Crippen LogP) is 1.73. The minimum Gasteiger partial charge on any atom is -0.391 e. The van der Waals surface area contributed by atoms with E-state index >= 15 is 0 Å². The van der Waals surface area contributed by atoms with Crippen LogP contribution in [0.2, 0.25) is 0 Å². The lowest BCUT2D eigenvalue weighted by molar-refractivity contribution is -0.115. The van der Waals surface area contributed by atoms with Gasteiger partial charge in [0.05, 0.1) is 6.10 Å². The van der Waals surface area contributed by atoms with Crippen molar-refractivity contribution in [2.24, 2.45) is 11.3 Å². The number of alkyl halides is 2. The maximum Gasteiger partial charge on any atom is 0.248 e. The Balaban J connectivity index is 1.79. The molecule has 0 amide bonds. The van der Waals surface area contributed by atoms with Gasteiger partial charge in [-0.15, -0.1) is 0 Å². The third-order valence-electron chi connectivity index (χ3n) is 3.66. The Labute approximate surface area is 89.3 Å². The molecule has 1 heterocycles. The van der Waals surface area contributed by atoms with Gasteiger partial charge in [-0.05, 0) is 5.92 Å². The maximum absolute atomic E-state index is 12.6. The fourth-order valence-corrected chi connectivity index (χ4v) is 2.66. The molecule has 0 bridgehead atoms. The normalized spacial score (nSPS) is 35.4. The molecule has 2 fully saturated rings. The molecule has 1 saturated heterocycles. The molecule has 1 atom stereocenters. The number of nitrogens with zero attached hydrogens (tertiary/aromatic N) is 1. The highest BCUT2D eigenvalue weighted by Crippen LogP contribution is 2.43. The van der Waals surface area contributed by atoms with Crippen molar-refractivity contribution in [3.8, 4) is 0 Å². The number of β-amino-alcohol motifs (C(OH)–C–C–N with tert-alkyl or cyclic N) is 1. The Hall–Kier alpha value is -0.220. The summed E-state index contributed by atoms with van der Waals surface area (Å²) in [6.07, 6.45) is -0.266. The predicted molar refractivity (Wildman–Crippen MR) is 53.9 cm³/mol. The quantitative estimate of drug-likeness (QED) is 0.764. The Morgan fingerprint density at radius 2 is 1.93 bits per heavy atom. The number of rotatable bonds is 2. The highest BCUT2D eigenvalue weighted by Gasteiger charge is 2.47. The summed E-state index contributed by atoms with van der Waals surface area (Å²) in [5.74, 6) is -2.29. The minimum atomic E-state index is -2.42. The van der Waals surface area contributed by atoms with Crippen LogP contribution in [0.15, 0.2) is 0 Å². The second kappa shape index (κ2) is 3.39. The van der Waals surface area contributed by atoms with Crippen LogP contribution >= 0.6 is 0 Å². The van der Waals surface area contributed by atoms with Crippen LogP contribution in [0.3, 0.4) is 0 Å². The fourth-order valence-electron chi connectivity index (χ4n) is 2.66. The van der Waals surface area contributed by atoms with E-state index in [2.05, 4.69) is 4.90 Å². The van der Waals surface area contributed by atoms with Crippen LogP contribution in [-0.4, -0.2) is 41.7 Å². The first-order valence-electron chi connectivity index (χ1n) is 5.57. The van der Waals surface area contributed by atoms with Crippen LogP contribution < -0.4 is 0 Å². The Bertz CT molecular complexity index is 247. The summed E-state index contributed by atoms with van der Waals surface area (Å²) in [6, 6.07) is 0. The molecule has 0 spiro atoms. The van der Waals surface area contributed by atoms with E-state index in [-0.39, 0.29) is 30.3 Å². The lowest BCUT2D eigenvalue weighted by atomic mass is 9.81.